The molecule has 0 aliphatic heterocycles. The number of rotatable bonds is 7. The van der Waals surface area contributed by atoms with E-state index in [2.05, 4.69) is 34.7 Å². The van der Waals surface area contributed by atoms with Crippen molar-refractivity contribution in [2.75, 3.05) is 11.1 Å². The van der Waals surface area contributed by atoms with E-state index in [1.807, 2.05) is 31.2 Å². The molecule has 0 bridgehead atoms. The lowest BCUT2D eigenvalue weighted by atomic mass is 9.92. The van der Waals surface area contributed by atoms with Crippen molar-refractivity contribution in [2.24, 2.45) is 0 Å². The third kappa shape index (κ3) is 4.74. The molecule has 4 aromatic rings. The van der Waals surface area contributed by atoms with E-state index in [0.29, 0.717) is 12.2 Å². The zero-order chi connectivity index (χ0) is 21.9. The molecule has 5 rings (SSSR count). The second-order valence-corrected chi connectivity index (χ2v) is 10.4. The molecule has 1 N–H and O–H groups in total. The minimum Gasteiger partial charge on any atom is -0.311 e. The van der Waals surface area contributed by atoms with Crippen LogP contribution < -0.4 is 5.32 Å². The van der Waals surface area contributed by atoms with Gasteiger partial charge in [0.2, 0.25) is 11.0 Å². The first-order chi connectivity index (χ1) is 15.7. The maximum Gasteiger partial charge on any atom is 0.225 e. The van der Waals surface area contributed by atoms with Crippen LogP contribution in [0.5, 0.6) is 0 Å². The lowest BCUT2D eigenvalue weighted by molar-refractivity contribution is -0.116. The molecule has 1 aliphatic rings. The smallest absolute Gasteiger partial charge is 0.225 e. The molecule has 0 atom stereocenters. The van der Waals surface area contributed by atoms with E-state index < -0.39 is 0 Å². The van der Waals surface area contributed by atoms with Crippen LogP contribution in [0, 0.1) is 6.92 Å². The highest BCUT2D eigenvalue weighted by atomic mass is 32.2. The molecule has 2 aromatic heterocycles. The first-order valence-electron chi connectivity index (χ1n) is 11.1. The number of nitrogens with zero attached hydrogens (tertiary/aromatic N) is 3. The first kappa shape index (κ1) is 21.2. The summed E-state index contributed by atoms with van der Waals surface area (Å²) in [5.41, 5.74) is 4.77. The van der Waals surface area contributed by atoms with Gasteiger partial charge in [-0.05, 0) is 80.2 Å². The average Bonchev–Trinajstić information content (AvgIpc) is 3.38. The molecule has 0 radical (unpaired) electrons. The molecule has 7 heteroatoms. The van der Waals surface area contributed by atoms with Gasteiger partial charge in [0.1, 0.15) is 5.82 Å². The number of hydrogen-bond donors (Lipinski definition) is 1. The third-order valence-electron chi connectivity index (χ3n) is 5.68. The Morgan fingerprint density at radius 3 is 2.72 bits per heavy atom. The van der Waals surface area contributed by atoms with E-state index in [0.717, 1.165) is 41.4 Å². The Morgan fingerprint density at radius 1 is 1.12 bits per heavy atom. The van der Waals surface area contributed by atoms with Gasteiger partial charge in [-0.3, -0.25) is 4.79 Å². The Morgan fingerprint density at radius 2 is 1.91 bits per heavy atom. The number of thiazole rings is 1. The van der Waals surface area contributed by atoms with Gasteiger partial charge >= 0.3 is 0 Å². The summed E-state index contributed by atoms with van der Waals surface area (Å²) in [4.78, 5) is 18.7. The minimum atomic E-state index is 0.0105. The number of anilines is 1. The molecule has 32 heavy (non-hydrogen) atoms. The third-order valence-corrected chi connectivity index (χ3v) is 7.77. The Hall–Kier alpha value is -2.64. The lowest BCUT2D eigenvalue weighted by Gasteiger charge is -2.14. The predicted octanol–water partition coefficient (Wildman–Crippen LogP) is 6.18. The highest BCUT2D eigenvalue weighted by Crippen LogP contribution is 2.32. The first-order valence-corrected chi connectivity index (χ1v) is 12.9. The molecule has 0 saturated heterocycles. The van der Waals surface area contributed by atoms with E-state index in [1.54, 1.807) is 27.8 Å². The predicted molar refractivity (Wildman–Crippen MR) is 133 cm³/mol. The topological polar surface area (TPSA) is 59.8 Å². The van der Waals surface area contributed by atoms with Crippen LogP contribution >= 0.6 is 23.1 Å². The van der Waals surface area contributed by atoms with Crippen molar-refractivity contribution in [1.29, 1.82) is 0 Å². The summed E-state index contributed by atoms with van der Waals surface area (Å²) in [6, 6.07) is 16.7. The van der Waals surface area contributed by atoms with Crippen LogP contribution in [0.2, 0.25) is 0 Å². The Balaban J connectivity index is 1.27. The molecular formula is C25H26N4OS2. The maximum absolute atomic E-state index is 12.6. The van der Waals surface area contributed by atoms with Crippen molar-refractivity contribution in [3.63, 3.8) is 0 Å². The number of fused-ring (bicyclic) bond motifs is 2. The van der Waals surface area contributed by atoms with Gasteiger partial charge < -0.3 is 5.32 Å². The molecule has 0 spiro atoms. The monoisotopic (exact) mass is 462 g/mol. The van der Waals surface area contributed by atoms with E-state index in [1.165, 1.54) is 33.6 Å². The van der Waals surface area contributed by atoms with Crippen LogP contribution in [0.15, 0.2) is 53.4 Å². The normalized spacial score (nSPS) is 13.3. The van der Waals surface area contributed by atoms with Gasteiger partial charge in [-0.15, -0.1) is 11.8 Å². The van der Waals surface area contributed by atoms with E-state index in [9.17, 15) is 4.79 Å². The largest absolute Gasteiger partial charge is 0.311 e. The molecule has 0 fully saturated rings. The lowest BCUT2D eigenvalue weighted by Crippen LogP contribution is -2.14. The van der Waals surface area contributed by atoms with Gasteiger partial charge in [-0.1, -0.05) is 29.5 Å². The fourth-order valence-electron chi connectivity index (χ4n) is 4.11. The second-order valence-electron chi connectivity index (χ2n) is 8.19. The number of amides is 1. The van der Waals surface area contributed by atoms with Crippen molar-refractivity contribution >= 4 is 45.0 Å². The zero-order valence-corrected chi connectivity index (χ0v) is 19.8. The summed E-state index contributed by atoms with van der Waals surface area (Å²) in [7, 11) is 0. The van der Waals surface area contributed by atoms with Crippen LogP contribution in [0.25, 0.3) is 15.3 Å². The summed E-state index contributed by atoms with van der Waals surface area (Å²) < 4.78 is 2.96. The van der Waals surface area contributed by atoms with Crippen molar-refractivity contribution < 1.29 is 4.79 Å². The van der Waals surface area contributed by atoms with Gasteiger partial charge in [-0.25, -0.2) is 4.98 Å². The van der Waals surface area contributed by atoms with Gasteiger partial charge in [0, 0.05) is 17.4 Å². The maximum atomic E-state index is 12.6. The number of nitrogens with one attached hydrogen (secondary N) is 1. The molecule has 1 amide bonds. The number of carbonyl (C=O) groups excluding carboxylic acids is 1. The Bertz CT molecular complexity index is 1200. The van der Waals surface area contributed by atoms with Gasteiger partial charge in [-0.2, -0.15) is 9.78 Å². The highest BCUT2D eigenvalue weighted by Gasteiger charge is 2.17. The SMILES string of the molecule is Cc1cc(NC(=O)CCCSc2ccccc2)n(-c2nc3cc4c(cc3s2)CCCC4)n1. The number of carbonyl (C=O) groups is 1. The molecule has 0 saturated carbocycles. The van der Waals surface area contributed by atoms with Crippen LogP contribution in [-0.2, 0) is 17.6 Å². The molecule has 164 valence electrons. The van der Waals surface area contributed by atoms with Crippen molar-refractivity contribution in [3.05, 3.63) is 65.4 Å². The van der Waals surface area contributed by atoms with Gasteiger partial charge in [0.15, 0.2) is 0 Å². The van der Waals surface area contributed by atoms with Crippen LogP contribution in [0.3, 0.4) is 0 Å². The second kappa shape index (κ2) is 9.46. The van der Waals surface area contributed by atoms with Crippen LogP contribution in [0.4, 0.5) is 5.82 Å². The summed E-state index contributed by atoms with van der Waals surface area (Å²) in [6.45, 7) is 1.94. The number of benzene rings is 2. The van der Waals surface area contributed by atoms with Crippen LogP contribution in [0.1, 0.15) is 42.5 Å². The van der Waals surface area contributed by atoms with Crippen molar-refractivity contribution in [1.82, 2.24) is 14.8 Å². The molecule has 2 heterocycles. The summed E-state index contributed by atoms with van der Waals surface area (Å²) >= 11 is 3.41. The summed E-state index contributed by atoms with van der Waals surface area (Å²) in [5, 5.41) is 8.45. The van der Waals surface area contributed by atoms with E-state index >= 15 is 0 Å². The fraction of sp³-hybridized carbons (Fsp3) is 0.320. The zero-order valence-electron chi connectivity index (χ0n) is 18.1. The van der Waals surface area contributed by atoms with Crippen molar-refractivity contribution in [3.8, 4) is 5.13 Å². The molecule has 5 nitrogen and oxygen atoms in total. The molecular weight excluding hydrogens is 436 g/mol. The fourth-order valence-corrected chi connectivity index (χ4v) is 5.96. The molecule has 0 unspecified atom stereocenters. The quantitative estimate of drug-likeness (QED) is 0.263. The standard InChI is InChI=1S/C25H26N4OS2/c1-17-14-23(27-24(30)12-7-13-31-20-10-3-2-4-11-20)29(28-17)25-26-21-15-18-8-5-6-9-19(18)16-22(21)32-25/h2-4,10-11,14-16H,5-9,12-13H2,1H3,(H,27,30). The molecule has 1 aliphatic carbocycles. The minimum absolute atomic E-state index is 0.0105. The van der Waals surface area contributed by atoms with Gasteiger partial charge in [0.05, 0.1) is 15.9 Å². The van der Waals surface area contributed by atoms with Crippen molar-refractivity contribution in [2.45, 2.75) is 50.3 Å². The highest BCUT2D eigenvalue weighted by molar-refractivity contribution is 7.99. The molecule has 2 aromatic carbocycles. The summed E-state index contributed by atoms with van der Waals surface area (Å²) in [5.74, 6) is 1.61. The Labute approximate surface area is 196 Å². The number of aromatic nitrogens is 3. The average molecular weight is 463 g/mol. The number of aryl methyl sites for hydroxylation is 3. The number of hydrogen-bond acceptors (Lipinski definition) is 5. The van der Waals surface area contributed by atoms with E-state index in [4.69, 9.17) is 4.98 Å². The van der Waals surface area contributed by atoms with Gasteiger partial charge in [0.25, 0.3) is 0 Å². The number of thioether (sulfide) groups is 1. The van der Waals surface area contributed by atoms with Crippen LogP contribution in [-0.4, -0.2) is 26.4 Å². The summed E-state index contributed by atoms with van der Waals surface area (Å²) in [6.07, 6.45) is 6.13. The Kier molecular flexibility index (Phi) is 6.28. The van der Waals surface area contributed by atoms with E-state index in [-0.39, 0.29) is 5.91 Å².